The normalized spacial score (nSPS) is 10.7. The number of hydrogen-bond acceptors (Lipinski definition) is 3. The maximum absolute atomic E-state index is 12.3. The van der Waals surface area contributed by atoms with E-state index in [1.54, 1.807) is 7.11 Å². The van der Waals surface area contributed by atoms with Gasteiger partial charge in [0.05, 0.1) is 18.5 Å². The molecule has 2 aromatic carbocycles. The minimum atomic E-state index is 0.0166. The number of aryl methyl sites for hydroxylation is 1. The molecule has 0 bridgehead atoms. The van der Waals surface area contributed by atoms with E-state index in [9.17, 15) is 4.79 Å². The molecule has 0 aliphatic heterocycles. The van der Waals surface area contributed by atoms with E-state index in [1.165, 1.54) is 0 Å². The number of halogens is 1. The topological polar surface area (TPSA) is 56.2 Å². The molecule has 0 spiro atoms. The first-order valence-corrected chi connectivity index (χ1v) is 9.56. The highest BCUT2D eigenvalue weighted by atomic mass is 35.5. The molecular formula is C22H24ClN3O2. The second kappa shape index (κ2) is 8.93. The second-order valence-corrected chi connectivity index (χ2v) is 7.10. The van der Waals surface area contributed by atoms with E-state index in [0.29, 0.717) is 24.4 Å². The molecule has 0 saturated carbocycles. The Balaban J connectivity index is 1.63. The van der Waals surface area contributed by atoms with Crippen molar-refractivity contribution in [3.05, 3.63) is 76.1 Å². The molecule has 6 heteroatoms. The highest BCUT2D eigenvalue weighted by Crippen LogP contribution is 2.22. The van der Waals surface area contributed by atoms with E-state index >= 15 is 0 Å². The highest BCUT2D eigenvalue weighted by molar-refractivity contribution is 6.30. The molecule has 1 amide bonds. The van der Waals surface area contributed by atoms with Gasteiger partial charge in [-0.3, -0.25) is 4.79 Å². The van der Waals surface area contributed by atoms with Gasteiger partial charge in [-0.2, -0.15) is 5.10 Å². The molecular weight excluding hydrogens is 374 g/mol. The first kappa shape index (κ1) is 20.0. The molecule has 1 heterocycles. The Kier molecular flexibility index (Phi) is 6.37. The first-order valence-electron chi connectivity index (χ1n) is 9.18. The molecule has 0 fully saturated rings. The SMILES string of the molecule is COc1cccc(-n2nc(C)c(CCC(=O)NCc3ccc(Cl)cc3)c2C)c1. The monoisotopic (exact) mass is 397 g/mol. The molecule has 1 N–H and O–H groups in total. The van der Waals surface area contributed by atoms with Gasteiger partial charge in [0.15, 0.2) is 0 Å². The number of nitrogens with zero attached hydrogens (tertiary/aromatic N) is 2. The van der Waals surface area contributed by atoms with E-state index in [2.05, 4.69) is 10.4 Å². The van der Waals surface area contributed by atoms with Crippen molar-refractivity contribution in [2.45, 2.75) is 33.2 Å². The standard InChI is InChI=1S/C22H24ClN3O2/c1-15-21(11-12-22(27)24-14-17-7-9-18(23)10-8-17)16(2)26(25-15)19-5-4-6-20(13-19)28-3/h4-10,13H,11-12,14H2,1-3H3,(H,24,27). The summed E-state index contributed by atoms with van der Waals surface area (Å²) < 4.78 is 7.20. The van der Waals surface area contributed by atoms with Crippen LogP contribution in [0, 0.1) is 13.8 Å². The van der Waals surface area contributed by atoms with Crippen molar-refractivity contribution in [2.24, 2.45) is 0 Å². The molecule has 1 aromatic heterocycles. The van der Waals surface area contributed by atoms with Gasteiger partial charge in [0.25, 0.3) is 0 Å². The van der Waals surface area contributed by atoms with E-state index in [1.807, 2.05) is 67.1 Å². The summed E-state index contributed by atoms with van der Waals surface area (Å²) >= 11 is 5.88. The van der Waals surface area contributed by atoms with Gasteiger partial charge in [0, 0.05) is 29.7 Å². The fourth-order valence-corrected chi connectivity index (χ4v) is 3.29. The Morgan fingerprint density at radius 2 is 1.93 bits per heavy atom. The summed E-state index contributed by atoms with van der Waals surface area (Å²) in [6, 6.07) is 15.2. The molecule has 0 aliphatic carbocycles. The van der Waals surface area contributed by atoms with Crippen molar-refractivity contribution in [3.8, 4) is 11.4 Å². The number of aromatic nitrogens is 2. The Morgan fingerprint density at radius 3 is 2.64 bits per heavy atom. The van der Waals surface area contributed by atoms with Crippen molar-refractivity contribution in [2.75, 3.05) is 7.11 Å². The lowest BCUT2D eigenvalue weighted by molar-refractivity contribution is -0.121. The number of rotatable bonds is 7. The smallest absolute Gasteiger partial charge is 0.220 e. The largest absolute Gasteiger partial charge is 0.497 e. The Morgan fingerprint density at radius 1 is 1.18 bits per heavy atom. The highest BCUT2D eigenvalue weighted by Gasteiger charge is 2.14. The number of carbonyl (C=O) groups is 1. The molecule has 0 aliphatic rings. The predicted octanol–water partition coefficient (Wildman–Crippen LogP) is 4.40. The molecule has 0 atom stereocenters. The third-order valence-corrected chi connectivity index (χ3v) is 5.00. The van der Waals surface area contributed by atoms with Crippen LogP contribution >= 0.6 is 11.6 Å². The Labute approximate surface area is 170 Å². The zero-order valence-electron chi connectivity index (χ0n) is 16.3. The maximum atomic E-state index is 12.3. The number of benzene rings is 2. The molecule has 3 aromatic rings. The van der Waals surface area contributed by atoms with Crippen molar-refractivity contribution >= 4 is 17.5 Å². The minimum Gasteiger partial charge on any atom is -0.497 e. The maximum Gasteiger partial charge on any atom is 0.220 e. The number of carbonyl (C=O) groups excluding carboxylic acids is 1. The zero-order chi connectivity index (χ0) is 20.1. The van der Waals surface area contributed by atoms with Gasteiger partial charge in [-0.15, -0.1) is 0 Å². The molecule has 146 valence electrons. The van der Waals surface area contributed by atoms with Crippen molar-refractivity contribution in [1.82, 2.24) is 15.1 Å². The predicted molar refractivity (Wildman–Crippen MR) is 111 cm³/mol. The van der Waals surface area contributed by atoms with Gasteiger partial charge < -0.3 is 10.1 Å². The molecule has 3 rings (SSSR count). The third kappa shape index (κ3) is 4.73. The summed E-state index contributed by atoms with van der Waals surface area (Å²) in [6.45, 7) is 4.50. The average Bonchev–Trinajstić information content (AvgIpc) is 2.99. The van der Waals surface area contributed by atoms with Crippen molar-refractivity contribution in [3.63, 3.8) is 0 Å². The Bertz CT molecular complexity index is 964. The third-order valence-electron chi connectivity index (χ3n) is 4.74. The van der Waals surface area contributed by atoms with Crippen LogP contribution in [0.4, 0.5) is 0 Å². The van der Waals surface area contributed by atoms with E-state index in [4.69, 9.17) is 16.3 Å². The first-order chi connectivity index (χ1) is 13.5. The van der Waals surface area contributed by atoms with Crippen LogP contribution in [-0.4, -0.2) is 22.8 Å². The molecule has 0 unspecified atom stereocenters. The van der Waals surface area contributed by atoms with Gasteiger partial charge >= 0.3 is 0 Å². The van der Waals surface area contributed by atoms with Crippen LogP contribution in [0.1, 0.15) is 28.9 Å². The molecule has 0 saturated heterocycles. The average molecular weight is 398 g/mol. The fourth-order valence-electron chi connectivity index (χ4n) is 3.16. The fraction of sp³-hybridized carbons (Fsp3) is 0.273. The number of ether oxygens (including phenoxy) is 1. The quantitative estimate of drug-likeness (QED) is 0.642. The van der Waals surface area contributed by atoms with Gasteiger partial charge in [0.2, 0.25) is 5.91 Å². The lowest BCUT2D eigenvalue weighted by atomic mass is 10.1. The van der Waals surface area contributed by atoms with Gasteiger partial charge in [0.1, 0.15) is 5.75 Å². The van der Waals surface area contributed by atoms with Gasteiger partial charge in [-0.1, -0.05) is 29.8 Å². The summed E-state index contributed by atoms with van der Waals surface area (Å²) in [4.78, 5) is 12.3. The summed E-state index contributed by atoms with van der Waals surface area (Å²) in [6.07, 6.45) is 1.06. The lowest BCUT2D eigenvalue weighted by Crippen LogP contribution is -2.23. The number of amides is 1. The molecule has 5 nitrogen and oxygen atoms in total. The zero-order valence-corrected chi connectivity index (χ0v) is 17.1. The van der Waals surface area contributed by atoms with Crippen molar-refractivity contribution in [1.29, 1.82) is 0 Å². The van der Waals surface area contributed by atoms with E-state index < -0.39 is 0 Å². The minimum absolute atomic E-state index is 0.0166. The second-order valence-electron chi connectivity index (χ2n) is 6.67. The van der Waals surface area contributed by atoms with Crippen molar-refractivity contribution < 1.29 is 9.53 Å². The van der Waals surface area contributed by atoms with E-state index in [-0.39, 0.29) is 5.91 Å². The summed E-state index contributed by atoms with van der Waals surface area (Å²) in [7, 11) is 1.65. The summed E-state index contributed by atoms with van der Waals surface area (Å²) in [5, 5.41) is 8.30. The number of nitrogens with one attached hydrogen (secondary N) is 1. The van der Waals surface area contributed by atoms with Crippen LogP contribution in [0.5, 0.6) is 5.75 Å². The lowest BCUT2D eigenvalue weighted by Gasteiger charge is -2.08. The number of methoxy groups -OCH3 is 1. The summed E-state index contributed by atoms with van der Waals surface area (Å²) in [5.41, 5.74) is 5.04. The van der Waals surface area contributed by atoms with Crippen LogP contribution in [0.3, 0.4) is 0 Å². The molecule has 28 heavy (non-hydrogen) atoms. The van der Waals surface area contributed by atoms with E-state index in [0.717, 1.165) is 34.0 Å². The summed E-state index contributed by atoms with van der Waals surface area (Å²) in [5.74, 6) is 0.802. The van der Waals surface area contributed by atoms with Gasteiger partial charge in [-0.05, 0) is 55.7 Å². The van der Waals surface area contributed by atoms with Crippen LogP contribution in [-0.2, 0) is 17.8 Å². The number of hydrogen-bond donors (Lipinski definition) is 1. The Hall–Kier alpha value is -2.79. The van der Waals surface area contributed by atoms with Crippen LogP contribution in [0.15, 0.2) is 48.5 Å². The van der Waals surface area contributed by atoms with Gasteiger partial charge in [-0.25, -0.2) is 4.68 Å². The van der Waals surface area contributed by atoms with Crippen LogP contribution in [0.25, 0.3) is 5.69 Å². The van der Waals surface area contributed by atoms with Crippen LogP contribution in [0.2, 0.25) is 5.02 Å². The molecule has 0 radical (unpaired) electrons. The van der Waals surface area contributed by atoms with Crippen LogP contribution < -0.4 is 10.1 Å².